The van der Waals surface area contributed by atoms with Gasteiger partial charge in [0.15, 0.2) is 6.29 Å². The first kappa shape index (κ1) is 14.7. The van der Waals surface area contributed by atoms with Crippen LogP contribution in [0.1, 0.15) is 12.0 Å². The van der Waals surface area contributed by atoms with E-state index in [0.717, 1.165) is 5.56 Å². The van der Waals surface area contributed by atoms with E-state index in [4.69, 9.17) is 26.3 Å². The summed E-state index contributed by atoms with van der Waals surface area (Å²) < 4.78 is 10.1. The van der Waals surface area contributed by atoms with Crippen LogP contribution < -0.4 is 0 Å². The molecular weight excluding hydrogens is 252 g/mol. The molecule has 0 saturated carbocycles. The molecule has 1 aromatic rings. The van der Waals surface area contributed by atoms with Crippen molar-refractivity contribution in [2.24, 2.45) is 4.99 Å². The fourth-order valence-corrected chi connectivity index (χ4v) is 1.52. The second-order valence-electron chi connectivity index (χ2n) is 3.53. The third-order valence-electron chi connectivity index (χ3n) is 2.38. The number of benzene rings is 1. The summed E-state index contributed by atoms with van der Waals surface area (Å²) in [6.07, 6.45) is -0.159. The van der Waals surface area contributed by atoms with Crippen molar-refractivity contribution in [3.05, 3.63) is 34.9 Å². The van der Waals surface area contributed by atoms with Gasteiger partial charge in [-0.2, -0.15) is 5.26 Å². The lowest BCUT2D eigenvalue weighted by molar-refractivity contribution is -0.0936. The number of ether oxygens (including phenoxy) is 2. The van der Waals surface area contributed by atoms with Crippen molar-refractivity contribution in [1.29, 1.82) is 5.26 Å². The number of aliphatic imine (C=N–C) groups is 1. The van der Waals surface area contributed by atoms with Crippen molar-refractivity contribution >= 4 is 17.3 Å². The van der Waals surface area contributed by atoms with E-state index >= 15 is 0 Å². The summed E-state index contributed by atoms with van der Waals surface area (Å²) >= 11 is 5.82. The van der Waals surface area contributed by atoms with Gasteiger partial charge < -0.3 is 9.47 Å². The van der Waals surface area contributed by atoms with E-state index in [2.05, 4.69) is 11.1 Å². The van der Waals surface area contributed by atoms with Crippen molar-refractivity contribution in [2.45, 2.75) is 12.7 Å². The summed E-state index contributed by atoms with van der Waals surface area (Å²) in [4.78, 5) is 4.36. The highest BCUT2D eigenvalue weighted by molar-refractivity contribution is 6.30. The Morgan fingerprint density at radius 2 is 1.94 bits per heavy atom. The first-order chi connectivity index (χ1) is 8.71. The molecule has 5 heteroatoms. The molecule has 0 unspecified atom stereocenters. The van der Waals surface area contributed by atoms with Gasteiger partial charge in [-0.25, -0.2) is 0 Å². The minimum Gasteiger partial charge on any atom is -0.354 e. The molecule has 0 fully saturated rings. The van der Waals surface area contributed by atoms with Crippen LogP contribution in [0, 0.1) is 11.3 Å². The predicted molar refractivity (Wildman–Crippen MR) is 70.9 cm³/mol. The van der Waals surface area contributed by atoms with Crippen LogP contribution in [0.25, 0.3) is 0 Å². The second kappa shape index (κ2) is 7.83. The molecule has 0 N–H and O–H groups in total. The van der Waals surface area contributed by atoms with E-state index in [9.17, 15) is 0 Å². The maximum Gasteiger partial charge on any atom is 0.176 e. The van der Waals surface area contributed by atoms with Gasteiger partial charge in [0, 0.05) is 19.2 Å². The van der Waals surface area contributed by atoms with Crippen LogP contribution in [-0.2, 0) is 9.47 Å². The van der Waals surface area contributed by atoms with Crippen molar-refractivity contribution in [3.63, 3.8) is 0 Å². The molecule has 0 aliphatic carbocycles. The number of hydrogen-bond donors (Lipinski definition) is 0. The maximum atomic E-state index is 8.81. The molecule has 0 radical (unpaired) electrons. The minimum absolute atomic E-state index is 0.238. The van der Waals surface area contributed by atoms with Gasteiger partial charge in [0.2, 0.25) is 0 Å². The highest BCUT2D eigenvalue weighted by Gasteiger charge is 2.07. The number of nitriles is 1. The van der Waals surface area contributed by atoms with E-state index in [1.165, 1.54) is 0 Å². The number of hydrogen-bond acceptors (Lipinski definition) is 4. The van der Waals surface area contributed by atoms with Crippen molar-refractivity contribution in [2.75, 3.05) is 20.8 Å². The lowest BCUT2D eigenvalue weighted by atomic mass is 10.1. The fourth-order valence-electron chi connectivity index (χ4n) is 1.40. The third kappa shape index (κ3) is 4.46. The Hall–Kier alpha value is -1.41. The summed E-state index contributed by atoms with van der Waals surface area (Å²) in [5.41, 5.74) is 1.58. The molecule has 4 nitrogen and oxygen atoms in total. The van der Waals surface area contributed by atoms with Crippen molar-refractivity contribution in [3.8, 4) is 6.07 Å². The quantitative estimate of drug-likeness (QED) is 0.588. The summed E-state index contributed by atoms with van der Waals surface area (Å²) in [6, 6.07) is 9.32. The zero-order valence-corrected chi connectivity index (χ0v) is 11.1. The molecule has 1 rings (SSSR count). The molecule has 0 aromatic heterocycles. The Balaban J connectivity index is 2.85. The Morgan fingerprint density at radius 3 is 2.44 bits per heavy atom. The van der Waals surface area contributed by atoms with Gasteiger partial charge >= 0.3 is 0 Å². The molecule has 0 bridgehead atoms. The van der Waals surface area contributed by atoms with Crippen LogP contribution in [0.4, 0.5) is 0 Å². The second-order valence-corrected chi connectivity index (χ2v) is 3.97. The Bertz CT molecular complexity index is 433. The molecule has 0 aliphatic heterocycles. The van der Waals surface area contributed by atoms with Gasteiger partial charge in [0.05, 0.1) is 24.7 Å². The summed E-state index contributed by atoms with van der Waals surface area (Å²) in [6.45, 7) is 0.354. The third-order valence-corrected chi connectivity index (χ3v) is 2.63. The topological polar surface area (TPSA) is 54.6 Å². The van der Waals surface area contributed by atoms with Gasteiger partial charge in [-0.3, -0.25) is 4.99 Å². The van der Waals surface area contributed by atoms with Crippen LogP contribution in [0.15, 0.2) is 29.3 Å². The van der Waals surface area contributed by atoms with Crippen LogP contribution in [0.3, 0.4) is 0 Å². The highest BCUT2D eigenvalue weighted by Crippen LogP contribution is 2.12. The summed E-state index contributed by atoms with van der Waals surface area (Å²) in [5.74, 6) is 0. The Kier molecular flexibility index (Phi) is 6.37. The minimum atomic E-state index is -0.397. The van der Waals surface area contributed by atoms with Gasteiger partial charge in [-0.05, 0) is 17.7 Å². The van der Waals surface area contributed by atoms with E-state index in [0.29, 0.717) is 17.3 Å². The molecule has 1 aromatic carbocycles. The smallest absolute Gasteiger partial charge is 0.176 e. The fraction of sp³-hybridized carbons (Fsp3) is 0.385. The zero-order valence-electron chi connectivity index (χ0n) is 10.4. The molecule has 18 heavy (non-hydrogen) atoms. The number of halogens is 1. The van der Waals surface area contributed by atoms with Gasteiger partial charge in [0.25, 0.3) is 0 Å². The molecule has 0 amide bonds. The molecule has 96 valence electrons. The van der Waals surface area contributed by atoms with Gasteiger partial charge in [-0.15, -0.1) is 0 Å². The number of rotatable bonds is 6. The normalized spacial score (nSPS) is 11.6. The SMILES string of the molecule is COC(CN=C(CC#N)c1ccc(Cl)cc1)OC. The van der Waals surface area contributed by atoms with Crippen molar-refractivity contribution in [1.82, 2.24) is 0 Å². The Labute approximate surface area is 112 Å². The number of methoxy groups -OCH3 is 2. The first-order valence-corrected chi connectivity index (χ1v) is 5.81. The van der Waals surface area contributed by atoms with Crippen molar-refractivity contribution < 1.29 is 9.47 Å². The number of nitrogens with zero attached hydrogens (tertiary/aromatic N) is 2. The van der Waals surface area contributed by atoms with Gasteiger partial charge in [-0.1, -0.05) is 23.7 Å². The van der Waals surface area contributed by atoms with Crippen LogP contribution in [0.2, 0.25) is 5.02 Å². The standard InChI is InChI=1S/C13H15ClN2O2/c1-17-13(18-2)9-16-12(7-8-15)10-3-5-11(14)6-4-10/h3-6,13H,7,9H2,1-2H3. The molecule has 0 heterocycles. The monoisotopic (exact) mass is 266 g/mol. The van der Waals surface area contributed by atoms with E-state index in [1.807, 2.05) is 12.1 Å². The van der Waals surface area contributed by atoms with Crippen LogP contribution >= 0.6 is 11.6 Å². The predicted octanol–water partition coefficient (Wildman–Crippen LogP) is 2.66. The lowest BCUT2D eigenvalue weighted by Crippen LogP contribution is -2.18. The zero-order chi connectivity index (χ0) is 13.4. The van der Waals surface area contributed by atoms with E-state index < -0.39 is 6.29 Å². The maximum absolute atomic E-state index is 8.81. The lowest BCUT2D eigenvalue weighted by Gasteiger charge is -2.11. The molecule has 0 aliphatic rings. The van der Waals surface area contributed by atoms with Gasteiger partial charge in [0.1, 0.15) is 0 Å². The molecule has 0 spiro atoms. The average Bonchev–Trinajstić information content (AvgIpc) is 2.39. The molecule has 0 atom stereocenters. The van der Waals surface area contributed by atoms with Crippen LogP contribution in [0.5, 0.6) is 0 Å². The van der Waals surface area contributed by atoms with Crippen LogP contribution in [-0.4, -0.2) is 32.8 Å². The molecular formula is C13H15ClN2O2. The Morgan fingerprint density at radius 1 is 1.33 bits per heavy atom. The summed E-state index contributed by atoms with van der Waals surface area (Å²) in [5, 5.41) is 9.47. The largest absolute Gasteiger partial charge is 0.354 e. The van der Waals surface area contributed by atoms with E-state index in [-0.39, 0.29) is 6.42 Å². The first-order valence-electron chi connectivity index (χ1n) is 5.43. The average molecular weight is 267 g/mol. The summed E-state index contributed by atoms with van der Waals surface area (Å²) in [7, 11) is 3.10. The van der Waals surface area contributed by atoms with E-state index in [1.54, 1.807) is 26.4 Å². The molecule has 0 saturated heterocycles. The highest BCUT2D eigenvalue weighted by atomic mass is 35.5.